The van der Waals surface area contributed by atoms with Crippen LogP contribution in [0.5, 0.6) is 5.75 Å². The number of unbranched alkanes of at least 4 members (excludes halogenated alkanes) is 2. The van der Waals surface area contributed by atoms with Crippen LogP contribution in [0.4, 0.5) is 0 Å². The van der Waals surface area contributed by atoms with E-state index in [0.717, 1.165) is 18.8 Å². The molecule has 2 nitrogen and oxygen atoms in total. The van der Waals surface area contributed by atoms with E-state index in [4.69, 9.17) is 4.74 Å². The van der Waals surface area contributed by atoms with E-state index < -0.39 is 0 Å². The summed E-state index contributed by atoms with van der Waals surface area (Å²) in [4.78, 5) is 0. The minimum atomic E-state index is 0.586. The first kappa shape index (κ1) is 17.0. The topological polar surface area (TPSA) is 25.8 Å². The fraction of sp³-hybridized carbons (Fsp3) is 0.667. The van der Waals surface area contributed by atoms with E-state index in [1.165, 1.54) is 43.5 Å². The number of nitrogens with two attached hydrogens (primary N) is 1. The van der Waals surface area contributed by atoms with Crippen LogP contribution in [0.1, 0.15) is 63.5 Å². The van der Waals surface area contributed by atoms with Crippen molar-refractivity contribution in [3.63, 3.8) is 0 Å². The Bertz CT molecular complexity index is 374. The van der Waals surface area contributed by atoms with Gasteiger partial charge in [-0.05, 0) is 55.4 Å². The zero-order valence-corrected chi connectivity index (χ0v) is 13.7. The lowest BCUT2D eigenvalue weighted by molar-refractivity contribution is -0.655. The van der Waals surface area contributed by atoms with Crippen molar-refractivity contribution in [2.75, 3.05) is 19.7 Å². The Balaban J connectivity index is 2.18. The highest BCUT2D eigenvalue weighted by Gasteiger charge is 2.04. The molecule has 0 unspecified atom stereocenters. The molecule has 0 radical (unpaired) electrons. The molecule has 1 aromatic rings. The molecule has 0 saturated heterocycles. The third-order valence-electron chi connectivity index (χ3n) is 3.70. The standard InChI is InChI=1S/C18H31NO/c1-5-6-11-19-12-7-8-13-20-17-9-10-18(15(2)3)16(4)14-17/h9-10,14-15,19H,5-8,11-13H2,1-4H3/p+1. The number of quaternary nitrogens is 1. The highest BCUT2D eigenvalue weighted by molar-refractivity contribution is 5.36. The number of benzene rings is 1. The molecule has 0 aliphatic carbocycles. The molecule has 0 fully saturated rings. The molecule has 0 amide bonds. The van der Waals surface area contributed by atoms with E-state index >= 15 is 0 Å². The first-order valence-electron chi connectivity index (χ1n) is 8.20. The van der Waals surface area contributed by atoms with Gasteiger partial charge in [-0.3, -0.25) is 0 Å². The molecule has 2 heteroatoms. The Morgan fingerprint density at radius 2 is 1.85 bits per heavy atom. The maximum Gasteiger partial charge on any atom is 0.119 e. The van der Waals surface area contributed by atoms with Gasteiger partial charge in [0.25, 0.3) is 0 Å². The summed E-state index contributed by atoms with van der Waals surface area (Å²) < 4.78 is 5.84. The van der Waals surface area contributed by atoms with Crippen molar-refractivity contribution in [1.82, 2.24) is 0 Å². The third kappa shape index (κ3) is 6.42. The molecule has 0 aliphatic rings. The van der Waals surface area contributed by atoms with Crippen molar-refractivity contribution < 1.29 is 10.1 Å². The van der Waals surface area contributed by atoms with E-state index in [9.17, 15) is 0 Å². The maximum atomic E-state index is 5.84. The predicted octanol–water partition coefficient (Wildman–Crippen LogP) is 3.64. The molecule has 2 N–H and O–H groups in total. The molecule has 114 valence electrons. The zero-order valence-electron chi connectivity index (χ0n) is 13.7. The molecule has 0 aliphatic heterocycles. The van der Waals surface area contributed by atoms with Crippen LogP contribution in [0.2, 0.25) is 0 Å². The monoisotopic (exact) mass is 278 g/mol. The Morgan fingerprint density at radius 3 is 2.50 bits per heavy atom. The van der Waals surface area contributed by atoms with Crippen LogP contribution >= 0.6 is 0 Å². The van der Waals surface area contributed by atoms with E-state index in [1.807, 2.05) is 0 Å². The van der Waals surface area contributed by atoms with Crippen molar-refractivity contribution in [3.05, 3.63) is 29.3 Å². The fourth-order valence-corrected chi connectivity index (χ4v) is 2.46. The Morgan fingerprint density at radius 1 is 1.10 bits per heavy atom. The first-order valence-corrected chi connectivity index (χ1v) is 8.20. The predicted molar refractivity (Wildman–Crippen MR) is 86.6 cm³/mol. The van der Waals surface area contributed by atoms with E-state index in [-0.39, 0.29) is 0 Å². The van der Waals surface area contributed by atoms with Gasteiger partial charge in [-0.2, -0.15) is 0 Å². The molecule has 0 atom stereocenters. The number of hydrogen-bond acceptors (Lipinski definition) is 1. The molecule has 0 bridgehead atoms. The van der Waals surface area contributed by atoms with Crippen molar-refractivity contribution in [2.45, 2.75) is 59.3 Å². The summed E-state index contributed by atoms with van der Waals surface area (Å²) in [5, 5.41) is 2.42. The molecular formula is C18H32NO+. The fourth-order valence-electron chi connectivity index (χ4n) is 2.46. The average Bonchev–Trinajstić information content (AvgIpc) is 2.41. The van der Waals surface area contributed by atoms with Gasteiger partial charge in [-0.1, -0.05) is 33.3 Å². The molecule has 1 aromatic carbocycles. The van der Waals surface area contributed by atoms with Gasteiger partial charge in [0.1, 0.15) is 5.75 Å². The highest BCUT2D eigenvalue weighted by Crippen LogP contribution is 2.23. The third-order valence-corrected chi connectivity index (χ3v) is 3.70. The summed E-state index contributed by atoms with van der Waals surface area (Å²) in [6.07, 6.45) is 5.02. The molecule has 0 spiro atoms. The second-order valence-electron chi connectivity index (χ2n) is 5.95. The molecule has 0 aromatic heterocycles. The van der Waals surface area contributed by atoms with Crippen LogP contribution in [0, 0.1) is 6.92 Å². The van der Waals surface area contributed by atoms with E-state index in [2.05, 4.69) is 51.2 Å². The molecule has 1 rings (SSSR count). The van der Waals surface area contributed by atoms with Crippen LogP contribution < -0.4 is 10.1 Å². The largest absolute Gasteiger partial charge is 0.494 e. The van der Waals surface area contributed by atoms with Gasteiger partial charge in [0.2, 0.25) is 0 Å². The van der Waals surface area contributed by atoms with Crippen molar-refractivity contribution >= 4 is 0 Å². The normalized spacial score (nSPS) is 11.1. The van der Waals surface area contributed by atoms with E-state index in [0.29, 0.717) is 5.92 Å². The summed E-state index contributed by atoms with van der Waals surface area (Å²) in [5.74, 6) is 1.60. The number of ether oxygens (including phenoxy) is 1. The number of hydrogen-bond donors (Lipinski definition) is 1. The Kier molecular flexibility index (Phi) is 8.36. The summed E-state index contributed by atoms with van der Waals surface area (Å²) in [6.45, 7) is 12.2. The lowest BCUT2D eigenvalue weighted by atomic mass is 9.98. The van der Waals surface area contributed by atoms with Gasteiger partial charge in [-0.25, -0.2) is 0 Å². The lowest BCUT2D eigenvalue weighted by Crippen LogP contribution is -2.84. The maximum absolute atomic E-state index is 5.84. The van der Waals surface area contributed by atoms with Gasteiger partial charge < -0.3 is 10.1 Å². The summed E-state index contributed by atoms with van der Waals surface area (Å²) in [5.41, 5.74) is 2.76. The van der Waals surface area contributed by atoms with Gasteiger partial charge in [0, 0.05) is 0 Å². The minimum Gasteiger partial charge on any atom is -0.494 e. The summed E-state index contributed by atoms with van der Waals surface area (Å²) in [7, 11) is 0. The molecule has 20 heavy (non-hydrogen) atoms. The summed E-state index contributed by atoms with van der Waals surface area (Å²) in [6, 6.07) is 6.48. The van der Waals surface area contributed by atoms with E-state index in [1.54, 1.807) is 0 Å². The average molecular weight is 278 g/mol. The summed E-state index contributed by atoms with van der Waals surface area (Å²) >= 11 is 0. The quantitative estimate of drug-likeness (QED) is 0.650. The van der Waals surface area contributed by atoms with Gasteiger partial charge in [-0.15, -0.1) is 0 Å². The smallest absolute Gasteiger partial charge is 0.119 e. The molecule has 0 heterocycles. The Labute approximate surface area is 124 Å². The Hall–Kier alpha value is -1.02. The van der Waals surface area contributed by atoms with Crippen LogP contribution in [0.3, 0.4) is 0 Å². The minimum absolute atomic E-state index is 0.586. The lowest BCUT2D eigenvalue weighted by Gasteiger charge is -2.12. The SMILES string of the molecule is CCCC[NH2+]CCCCOc1ccc(C(C)C)c(C)c1. The van der Waals surface area contributed by atoms with Crippen LogP contribution in [0.15, 0.2) is 18.2 Å². The molecule has 0 saturated carbocycles. The molecular weight excluding hydrogens is 246 g/mol. The number of rotatable bonds is 10. The van der Waals surface area contributed by atoms with Crippen LogP contribution in [0.25, 0.3) is 0 Å². The number of aryl methyl sites for hydroxylation is 1. The van der Waals surface area contributed by atoms with Crippen LogP contribution in [-0.4, -0.2) is 19.7 Å². The van der Waals surface area contributed by atoms with Crippen LogP contribution in [-0.2, 0) is 0 Å². The first-order chi connectivity index (χ1) is 9.65. The zero-order chi connectivity index (χ0) is 14.8. The van der Waals surface area contributed by atoms with Crippen molar-refractivity contribution in [3.8, 4) is 5.75 Å². The van der Waals surface area contributed by atoms with Crippen molar-refractivity contribution in [2.24, 2.45) is 0 Å². The second kappa shape index (κ2) is 9.82. The van der Waals surface area contributed by atoms with Gasteiger partial charge >= 0.3 is 0 Å². The van der Waals surface area contributed by atoms with Gasteiger partial charge in [0.05, 0.1) is 19.7 Å². The van der Waals surface area contributed by atoms with Crippen molar-refractivity contribution in [1.29, 1.82) is 0 Å². The second-order valence-corrected chi connectivity index (χ2v) is 5.95. The van der Waals surface area contributed by atoms with Gasteiger partial charge in [0.15, 0.2) is 0 Å². The highest BCUT2D eigenvalue weighted by atomic mass is 16.5.